The van der Waals surface area contributed by atoms with Gasteiger partial charge >= 0.3 is 0 Å². The molecule has 1 amide bonds. The smallest absolute Gasteiger partial charge is 0.260 e. The number of anilines is 1. The van der Waals surface area contributed by atoms with Crippen LogP contribution < -0.4 is 14.4 Å². The third-order valence-electron chi connectivity index (χ3n) is 5.36. The zero-order valence-corrected chi connectivity index (χ0v) is 18.6. The van der Waals surface area contributed by atoms with Crippen molar-refractivity contribution in [1.29, 1.82) is 5.26 Å². The summed E-state index contributed by atoms with van der Waals surface area (Å²) in [6.07, 6.45) is 3.36. The highest BCUT2D eigenvalue weighted by molar-refractivity contribution is 5.78. The lowest BCUT2D eigenvalue weighted by molar-refractivity contribution is -0.133. The Morgan fingerprint density at radius 1 is 1.09 bits per heavy atom. The maximum Gasteiger partial charge on any atom is 0.260 e. The number of nitriles is 1. The summed E-state index contributed by atoms with van der Waals surface area (Å²) in [5, 5.41) is 9.48. The van der Waals surface area contributed by atoms with E-state index in [-0.39, 0.29) is 29.9 Å². The Hall–Kier alpha value is -4.32. The van der Waals surface area contributed by atoms with E-state index < -0.39 is 0 Å². The van der Waals surface area contributed by atoms with E-state index in [2.05, 4.69) is 11.1 Å². The summed E-state index contributed by atoms with van der Waals surface area (Å²) < 4.78 is 29.5. The van der Waals surface area contributed by atoms with Crippen molar-refractivity contribution in [3.63, 3.8) is 0 Å². The lowest BCUT2D eigenvalue weighted by atomic mass is 10.2. The molecule has 1 fully saturated rings. The van der Waals surface area contributed by atoms with E-state index in [4.69, 9.17) is 13.9 Å². The van der Waals surface area contributed by atoms with Crippen molar-refractivity contribution in [1.82, 2.24) is 9.88 Å². The van der Waals surface area contributed by atoms with Gasteiger partial charge < -0.3 is 23.7 Å². The van der Waals surface area contributed by atoms with Crippen LogP contribution in [0.4, 0.5) is 10.3 Å². The van der Waals surface area contributed by atoms with Gasteiger partial charge in [-0.05, 0) is 48.0 Å². The highest BCUT2D eigenvalue weighted by Crippen LogP contribution is 2.24. The molecule has 0 N–H and O–H groups in total. The Kier molecular flexibility index (Phi) is 7.08. The molecule has 2 heterocycles. The molecule has 9 heteroatoms. The fourth-order valence-electron chi connectivity index (χ4n) is 3.50. The van der Waals surface area contributed by atoms with Gasteiger partial charge in [0, 0.05) is 32.3 Å². The summed E-state index contributed by atoms with van der Waals surface area (Å²) in [5.74, 6) is 1.54. The van der Waals surface area contributed by atoms with Crippen molar-refractivity contribution >= 4 is 23.9 Å². The molecular formula is C25H23FN4O4. The summed E-state index contributed by atoms with van der Waals surface area (Å²) in [7, 11) is 1.59. The number of benzene rings is 2. The maximum absolute atomic E-state index is 13.0. The third-order valence-corrected chi connectivity index (χ3v) is 5.36. The van der Waals surface area contributed by atoms with Gasteiger partial charge in [-0.25, -0.2) is 4.39 Å². The molecule has 2 aromatic carbocycles. The van der Waals surface area contributed by atoms with Crippen LogP contribution >= 0.6 is 0 Å². The zero-order chi connectivity index (χ0) is 23.9. The van der Waals surface area contributed by atoms with Gasteiger partial charge in [0.1, 0.15) is 23.4 Å². The Bertz CT molecular complexity index is 1190. The molecule has 0 unspecified atom stereocenters. The number of carbonyl (C=O) groups excluding carboxylic acids is 1. The molecular weight excluding hydrogens is 439 g/mol. The number of hydrogen-bond donors (Lipinski definition) is 0. The lowest BCUT2D eigenvalue weighted by Crippen LogP contribution is -2.50. The average molecular weight is 462 g/mol. The topological polar surface area (TPSA) is 91.8 Å². The number of piperazine rings is 1. The lowest BCUT2D eigenvalue weighted by Gasteiger charge is -2.34. The number of ether oxygens (including phenoxy) is 2. The molecule has 34 heavy (non-hydrogen) atoms. The summed E-state index contributed by atoms with van der Waals surface area (Å²) >= 11 is 0. The number of amides is 1. The zero-order valence-electron chi connectivity index (χ0n) is 18.6. The van der Waals surface area contributed by atoms with E-state index in [1.54, 1.807) is 60.6 Å². The minimum Gasteiger partial charge on any atom is -0.497 e. The maximum atomic E-state index is 13.0. The third kappa shape index (κ3) is 5.53. The molecule has 1 aliphatic heterocycles. The molecule has 0 aliphatic carbocycles. The highest BCUT2D eigenvalue weighted by atomic mass is 19.1. The van der Waals surface area contributed by atoms with Gasteiger partial charge in [0.05, 0.1) is 7.11 Å². The number of nitrogens with zero attached hydrogens (tertiary/aromatic N) is 4. The van der Waals surface area contributed by atoms with Gasteiger partial charge in [-0.3, -0.25) is 4.79 Å². The molecule has 0 saturated carbocycles. The average Bonchev–Trinajstić information content (AvgIpc) is 3.30. The number of halogens is 1. The fraction of sp³-hybridized carbons (Fsp3) is 0.240. The van der Waals surface area contributed by atoms with E-state index >= 15 is 0 Å². The Labute approximate surface area is 196 Å². The molecule has 4 rings (SSSR count). The number of carbonyl (C=O) groups is 1. The van der Waals surface area contributed by atoms with Crippen LogP contribution in [0, 0.1) is 17.1 Å². The van der Waals surface area contributed by atoms with E-state index in [9.17, 15) is 14.4 Å². The van der Waals surface area contributed by atoms with Gasteiger partial charge in [-0.1, -0.05) is 12.1 Å². The van der Waals surface area contributed by atoms with E-state index in [0.717, 1.165) is 5.56 Å². The van der Waals surface area contributed by atoms with Crippen molar-refractivity contribution in [2.24, 2.45) is 0 Å². The van der Waals surface area contributed by atoms with E-state index in [1.807, 2.05) is 4.90 Å². The van der Waals surface area contributed by atoms with Crippen molar-refractivity contribution < 1.29 is 23.1 Å². The van der Waals surface area contributed by atoms with Crippen LogP contribution in [0.5, 0.6) is 11.5 Å². The first kappa shape index (κ1) is 22.9. The van der Waals surface area contributed by atoms with Crippen LogP contribution in [0.2, 0.25) is 0 Å². The highest BCUT2D eigenvalue weighted by Gasteiger charge is 2.26. The predicted octanol–water partition coefficient (Wildman–Crippen LogP) is 3.59. The Morgan fingerprint density at radius 2 is 1.76 bits per heavy atom. The van der Waals surface area contributed by atoms with Gasteiger partial charge in [-0.2, -0.15) is 10.2 Å². The van der Waals surface area contributed by atoms with Crippen LogP contribution in [0.25, 0.3) is 12.2 Å². The first-order chi connectivity index (χ1) is 16.6. The molecule has 0 spiro atoms. The molecule has 3 aromatic rings. The van der Waals surface area contributed by atoms with Crippen molar-refractivity contribution in [3.05, 3.63) is 71.5 Å². The number of hydrogen-bond acceptors (Lipinski definition) is 7. The second-order valence-electron chi connectivity index (χ2n) is 7.53. The molecule has 1 aromatic heterocycles. The first-order valence-electron chi connectivity index (χ1n) is 10.7. The summed E-state index contributed by atoms with van der Waals surface area (Å²) in [4.78, 5) is 20.4. The molecule has 8 nitrogen and oxygen atoms in total. The SMILES string of the molecule is COc1ccc(OCC(=O)N2CCN(c3oc(/C=C/c4ccc(F)cc4)nc3C#N)CC2)cc1. The van der Waals surface area contributed by atoms with Crippen LogP contribution in [0.1, 0.15) is 17.1 Å². The summed E-state index contributed by atoms with van der Waals surface area (Å²) in [5.41, 5.74) is 0.963. The number of methoxy groups -OCH3 is 1. The molecule has 0 bridgehead atoms. The standard InChI is InChI=1S/C25H23FN4O4/c1-32-20-7-9-21(10-8-20)33-17-24(31)29-12-14-30(15-13-29)25-22(16-27)28-23(34-25)11-4-18-2-5-19(26)6-3-18/h2-11H,12-15,17H2,1H3/b11-4+. The second kappa shape index (κ2) is 10.5. The van der Waals surface area contributed by atoms with Crippen molar-refractivity contribution in [3.8, 4) is 17.6 Å². The summed E-state index contributed by atoms with van der Waals surface area (Å²) in [6, 6.07) is 15.1. The monoisotopic (exact) mass is 462 g/mol. The minimum atomic E-state index is -0.313. The Morgan fingerprint density at radius 3 is 2.41 bits per heavy atom. The van der Waals surface area contributed by atoms with Crippen LogP contribution in [-0.2, 0) is 4.79 Å². The fourth-order valence-corrected chi connectivity index (χ4v) is 3.50. The summed E-state index contributed by atoms with van der Waals surface area (Å²) in [6.45, 7) is 1.88. The Balaban J connectivity index is 1.32. The minimum absolute atomic E-state index is 0.0591. The molecule has 1 saturated heterocycles. The molecule has 0 radical (unpaired) electrons. The van der Waals surface area contributed by atoms with Gasteiger partial charge in [0.15, 0.2) is 6.61 Å². The first-order valence-corrected chi connectivity index (χ1v) is 10.7. The van der Waals surface area contributed by atoms with Gasteiger partial charge in [-0.15, -0.1) is 0 Å². The number of aromatic nitrogens is 1. The number of rotatable bonds is 7. The van der Waals surface area contributed by atoms with Gasteiger partial charge in [0.25, 0.3) is 5.91 Å². The number of oxazole rings is 1. The van der Waals surface area contributed by atoms with E-state index in [1.165, 1.54) is 12.1 Å². The van der Waals surface area contributed by atoms with Crippen molar-refractivity contribution in [2.75, 3.05) is 44.8 Å². The van der Waals surface area contributed by atoms with Crippen LogP contribution in [-0.4, -0.2) is 55.7 Å². The second-order valence-corrected chi connectivity index (χ2v) is 7.53. The van der Waals surface area contributed by atoms with Crippen molar-refractivity contribution in [2.45, 2.75) is 0 Å². The predicted molar refractivity (Wildman–Crippen MR) is 124 cm³/mol. The quantitative estimate of drug-likeness (QED) is 0.530. The van der Waals surface area contributed by atoms with Gasteiger partial charge in [0.2, 0.25) is 17.5 Å². The van der Waals surface area contributed by atoms with E-state index in [0.29, 0.717) is 43.6 Å². The van der Waals surface area contributed by atoms with Crippen LogP contribution in [0.15, 0.2) is 52.9 Å². The molecule has 174 valence electrons. The molecule has 1 aliphatic rings. The molecule has 0 atom stereocenters. The largest absolute Gasteiger partial charge is 0.497 e. The normalized spacial score (nSPS) is 13.7. The van der Waals surface area contributed by atoms with Crippen LogP contribution in [0.3, 0.4) is 0 Å².